The van der Waals surface area contributed by atoms with E-state index in [1.165, 1.54) is 7.11 Å². The Morgan fingerprint density at radius 2 is 1.89 bits per heavy atom. The van der Waals surface area contributed by atoms with Crippen molar-refractivity contribution < 1.29 is 23.9 Å². The minimum atomic E-state index is -0.829. The molecule has 0 radical (unpaired) electrons. The third-order valence-corrected chi connectivity index (χ3v) is 4.62. The zero-order valence-corrected chi connectivity index (χ0v) is 16.6. The summed E-state index contributed by atoms with van der Waals surface area (Å²) in [6, 6.07) is 3.25. The summed E-state index contributed by atoms with van der Waals surface area (Å²) in [5.74, 6) is -0.638. The highest BCUT2D eigenvalue weighted by Crippen LogP contribution is 2.24. The minimum absolute atomic E-state index is 0.278. The molecule has 0 saturated heterocycles. The van der Waals surface area contributed by atoms with Crippen molar-refractivity contribution in [2.45, 2.75) is 37.9 Å². The summed E-state index contributed by atoms with van der Waals surface area (Å²) < 4.78 is 10.2. The summed E-state index contributed by atoms with van der Waals surface area (Å²) in [6.45, 7) is 1.56. The zero-order chi connectivity index (χ0) is 20.7. The SMILES string of the molecule is CN[C@@H]1C(=O)N[C@@H](C)C(=O)N[C@H](C(=O)OC)C/C=C/Cc2cc1ccc2OC. The predicted octanol–water partition coefficient (Wildman–Crippen LogP) is 0.621. The van der Waals surface area contributed by atoms with Gasteiger partial charge in [-0.05, 0) is 50.1 Å². The van der Waals surface area contributed by atoms with Gasteiger partial charge in [0, 0.05) is 0 Å². The van der Waals surface area contributed by atoms with E-state index in [1.807, 2.05) is 30.4 Å². The molecule has 0 spiro atoms. The van der Waals surface area contributed by atoms with Crippen LogP contribution < -0.4 is 20.7 Å². The van der Waals surface area contributed by atoms with Crippen molar-refractivity contribution in [3.63, 3.8) is 0 Å². The van der Waals surface area contributed by atoms with Crippen molar-refractivity contribution >= 4 is 17.8 Å². The van der Waals surface area contributed by atoms with Crippen LogP contribution in [0, 0.1) is 0 Å². The molecule has 1 aliphatic heterocycles. The Bertz CT molecular complexity index is 762. The van der Waals surface area contributed by atoms with E-state index in [2.05, 4.69) is 16.0 Å². The maximum atomic E-state index is 12.7. The molecule has 28 heavy (non-hydrogen) atoms. The van der Waals surface area contributed by atoms with Gasteiger partial charge in [0.25, 0.3) is 0 Å². The molecule has 1 heterocycles. The molecule has 8 nitrogen and oxygen atoms in total. The largest absolute Gasteiger partial charge is 0.496 e. The van der Waals surface area contributed by atoms with Gasteiger partial charge in [0.05, 0.1) is 14.2 Å². The number of ether oxygens (including phenoxy) is 2. The molecule has 3 N–H and O–H groups in total. The van der Waals surface area contributed by atoms with Crippen molar-refractivity contribution in [2.24, 2.45) is 0 Å². The highest BCUT2D eigenvalue weighted by Gasteiger charge is 2.27. The summed E-state index contributed by atoms with van der Waals surface area (Å²) in [5, 5.41) is 8.29. The summed E-state index contributed by atoms with van der Waals surface area (Å²) in [5.41, 5.74) is 1.68. The van der Waals surface area contributed by atoms with Crippen LogP contribution in [-0.4, -0.2) is 51.1 Å². The van der Waals surface area contributed by atoms with Crippen molar-refractivity contribution in [3.8, 4) is 5.75 Å². The van der Waals surface area contributed by atoms with Crippen molar-refractivity contribution in [3.05, 3.63) is 41.5 Å². The van der Waals surface area contributed by atoms with Crippen LogP contribution >= 0.6 is 0 Å². The van der Waals surface area contributed by atoms with Gasteiger partial charge in [-0.2, -0.15) is 0 Å². The summed E-state index contributed by atoms with van der Waals surface area (Å²) >= 11 is 0. The standard InChI is InChI=1S/C20H27N3O5/c1-12-18(24)23-15(20(26)28-4)8-6-5-7-13-11-14(9-10-16(13)27-3)17(21-2)19(25)22-12/h5-6,9-12,15,17,21H,7-8H2,1-4H3,(H,22,25)(H,23,24)/b6-5+/t12-,15-,17-/m0/s1. The van der Waals surface area contributed by atoms with Crippen LogP contribution in [0.5, 0.6) is 5.75 Å². The molecule has 0 aliphatic carbocycles. The molecular weight excluding hydrogens is 362 g/mol. The van der Waals surface area contributed by atoms with Gasteiger partial charge in [-0.25, -0.2) is 4.79 Å². The first-order valence-electron chi connectivity index (χ1n) is 9.08. The van der Waals surface area contributed by atoms with Gasteiger partial charge in [-0.3, -0.25) is 9.59 Å². The molecule has 152 valence electrons. The van der Waals surface area contributed by atoms with Crippen LogP contribution in [0.3, 0.4) is 0 Å². The van der Waals surface area contributed by atoms with Gasteiger partial charge < -0.3 is 25.4 Å². The van der Waals surface area contributed by atoms with E-state index in [0.29, 0.717) is 12.2 Å². The predicted molar refractivity (Wildman–Crippen MR) is 104 cm³/mol. The topological polar surface area (TPSA) is 106 Å². The van der Waals surface area contributed by atoms with Crippen LogP contribution in [0.4, 0.5) is 0 Å². The Kier molecular flexibility index (Phi) is 7.57. The number of carbonyl (C=O) groups is 3. The number of carbonyl (C=O) groups excluding carboxylic acids is 3. The number of hydrogen-bond acceptors (Lipinski definition) is 6. The van der Waals surface area contributed by atoms with E-state index < -0.39 is 30.0 Å². The molecule has 0 unspecified atom stereocenters. The van der Waals surface area contributed by atoms with E-state index in [1.54, 1.807) is 21.1 Å². The average molecular weight is 389 g/mol. The first kappa shape index (κ1) is 21.4. The van der Waals surface area contributed by atoms with E-state index in [4.69, 9.17) is 9.47 Å². The lowest BCUT2D eigenvalue weighted by Crippen LogP contribution is -2.52. The van der Waals surface area contributed by atoms with Gasteiger partial charge in [-0.15, -0.1) is 0 Å². The molecular formula is C20H27N3O5. The monoisotopic (exact) mass is 389 g/mol. The number of hydrogen-bond donors (Lipinski definition) is 3. The number of nitrogens with one attached hydrogen (secondary N) is 3. The quantitative estimate of drug-likeness (QED) is 0.517. The van der Waals surface area contributed by atoms with Crippen molar-refractivity contribution in [1.29, 1.82) is 0 Å². The summed E-state index contributed by atoms with van der Waals surface area (Å²) in [7, 11) is 4.53. The van der Waals surface area contributed by atoms with Gasteiger partial charge in [-0.1, -0.05) is 18.2 Å². The number of allylic oxidation sites excluding steroid dienone is 1. The second kappa shape index (κ2) is 9.89. The Morgan fingerprint density at radius 1 is 1.14 bits per heavy atom. The van der Waals surface area contributed by atoms with Gasteiger partial charge in [0.2, 0.25) is 11.8 Å². The van der Waals surface area contributed by atoms with E-state index >= 15 is 0 Å². The highest BCUT2D eigenvalue weighted by atomic mass is 16.5. The number of fused-ring (bicyclic) bond motifs is 2. The normalized spacial score (nSPS) is 24.4. The van der Waals surface area contributed by atoms with Crippen molar-refractivity contribution in [1.82, 2.24) is 16.0 Å². The third-order valence-electron chi connectivity index (χ3n) is 4.62. The second-order valence-corrected chi connectivity index (χ2v) is 6.52. The molecule has 1 aromatic carbocycles. The molecule has 0 fully saturated rings. The van der Waals surface area contributed by atoms with Crippen LogP contribution in [0.15, 0.2) is 30.4 Å². The van der Waals surface area contributed by atoms with Crippen LogP contribution in [0.25, 0.3) is 0 Å². The highest BCUT2D eigenvalue weighted by molar-refractivity contribution is 5.92. The Morgan fingerprint density at radius 3 is 2.54 bits per heavy atom. The first-order valence-corrected chi connectivity index (χ1v) is 9.08. The summed E-state index contributed by atoms with van der Waals surface area (Å²) in [6.07, 6.45) is 4.54. The molecule has 2 rings (SSSR count). The number of likely N-dealkylation sites (N-methyl/N-ethyl adjacent to an activating group) is 1. The van der Waals surface area contributed by atoms with Crippen LogP contribution in [0.2, 0.25) is 0 Å². The second-order valence-electron chi connectivity index (χ2n) is 6.52. The molecule has 0 saturated carbocycles. The Balaban J connectivity index is 2.42. The van der Waals surface area contributed by atoms with E-state index in [9.17, 15) is 14.4 Å². The Labute approximate surface area is 164 Å². The zero-order valence-electron chi connectivity index (χ0n) is 16.6. The van der Waals surface area contributed by atoms with E-state index in [0.717, 1.165) is 11.1 Å². The first-order chi connectivity index (χ1) is 13.4. The van der Waals surface area contributed by atoms with Crippen LogP contribution in [0.1, 0.15) is 30.5 Å². The number of benzene rings is 1. The lowest BCUT2D eigenvalue weighted by Gasteiger charge is -2.23. The van der Waals surface area contributed by atoms with Crippen LogP contribution in [-0.2, 0) is 25.5 Å². The van der Waals surface area contributed by atoms with Gasteiger partial charge in [0.15, 0.2) is 0 Å². The minimum Gasteiger partial charge on any atom is -0.496 e. The maximum Gasteiger partial charge on any atom is 0.328 e. The van der Waals surface area contributed by atoms with Gasteiger partial charge in [0.1, 0.15) is 23.9 Å². The molecule has 0 aromatic heterocycles. The fraction of sp³-hybridized carbons (Fsp3) is 0.450. The molecule has 1 aliphatic rings. The summed E-state index contributed by atoms with van der Waals surface area (Å²) in [4.78, 5) is 37.1. The molecule has 1 aromatic rings. The number of esters is 1. The maximum absolute atomic E-state index is 12.7. The fourth-order valence-electron chi connectivity index (χ4n) is 3.04. The lowest BCUT2D eigenvalue weighted by atomic mass is 10.00. The molecule has 2 bridgehead atoms. The van der Waals surface area contributed by atoms with E-state index in [-0.39, 0.29) is 12.3 Å². The lowest BCUT2D eigenvalue weighted by molar-refractivity contribution is -0.145. The smallest absolute Gasteiger partial charge is 0.328 e. The fourth-order valence-corrected chi connectivity index (χ4v) is 3.04. The number of amides is 2. The Hall–Kier alpha value is -2.87. The molecule has 2 amide bonds. The van der Waals surface area contributed by atoms with Crippen molar-refractivity contribution in [2.75, 3.05) is 21.3 Å². The molecule has 8 heteroatoms. The number of rotatable bonds is 3. The van der Waals surface area contributed by atoms with Gasteiger partial charge >= 0.3 is 5.97 Å². The third kappa shape index (κ3) is 5.10. The molecule has 3 atom stereocenters. The number of methoxy groups -OCH3 is 2. The average Bonchev–Trinajstić information content (AvgIpc) is 2.69.